The van der Waals surface area contributed by atoms with E-state index in [2.05, 4.69) is 20.8 Å². The first-order valence-corrected chi connectivity index (χ1v) is 7.34. The Hall–Kier alpha value is -0.570. The maximum absolute atomic E-state index is 12.6. The minimum Gasteiger partial charge on any atom is -0.345 e. The Bertz CT molecular complexity index is 322. The average Bonchev–Trinajstić information content (AvgIpc) is 3.09. The van der Waals surface area contributed by atoms with Gasteiger partial charge in [-0.1, -0.05) is 20.8 Å². The highest BCUT2D eigenvalue weighted by molar-refractivity contribution is 5.79. The molecule has 3 atom stereocenters. The van der Waals surface area contributed by atoms with Gasteiger partial charge in [-0.3, -0.25) is 4.79 Å². The Labute approximate surface area is 111 Å². The van der Waals surface area contributed by atoms with E-state index in [1.165, 1.54) is 12.8 Å². The average molecular weight is 252 g/mol. The van der Waals surface area contributed by atoms with Gasteiger partial charge in [0.15, 0.2) is 0 Å². The molecule has 0 heterocycles. The van der Waals surface area contributed by atoms with Crippen LogP contribution in [0.3, 0.4) is 0 Å². The third kappa shape index (κ3) is 2.56. The molecule has 0 aromatic rings. The smallest absolute Gasteiger partial charge is 0.225 e. The lowest BCUT2D eigenvalue weighted by atomic mass is 9.61. The Morgan fingerprint density at radius 1 is 1.28 bits per heavy atom. The first-order valence-electron chi connectivity index (χ1n) is 7.34. The molecule has 18 heavy (non-hydrogen) atoms. The second-order valence-corrected chi connectivity index (χ2v) is 7.07. The Kier molecular flexibility index (Phi) is 3.72. The molecule has 3 unspecified atom stereocenters. The fourth-order valence-electron chi connectivity index (χ4n) is 3.34. The van der Waals surface area contributed by atoms with Crippen molar-refractivity contribution in [2.24, 2.45) is 28.9 Å². The summed E-state index contributed by atoms with van der Waals surface area (Å²) in [6, 6.07) is 0.248. The van der Waals surface area contributed by atoms with Crippen LogP contribution in [0, 0.1) is 23.2 Å². The van der Waals surface area contributed by atoms with Gasteiger partial charge in [0, 0.05) is 25.6 Å². The van der Waals surface area contributed by atoms with Gasteiger partial charge in [0.25, 0.3) is 0 Å². The molecule has 2 rings (SSSR count). The van der Waals surface area contributed by atoms with Crippen LogP contribution in [0.1, 0.15) is 46.5 Å². The predicted molar refractivity (Wildman–Crippen MR) is 74.0 cm³/mol. The van der Waals surface area contributed by atoms with Gasteiger partial charge < -0.3 is 10.6 Å². The number of rotatable bonds is 3. The van der Waals surface area contributed by atoms with Gasteiger partial charge in [0.1, 0.15) is 0 Å². The molecule has 3 nitrogen and oxygen atoms in total. The summed E-state index contributed by atoms with van der Waals surface area (Å²) in [6.07, 6.45) is 4.53. The molecule has 2 fully saturated rings. The highest BCUT2D eigenvalue weighted by Crippen LogP contribution is 2.45. The second kappa shape index (κ2) is 4.84. The lowest BCUT2D eigenvalue weighted by Crippen LogP contribution is -2.52. The van der Waals surface area contributed by atoms with E-state index in [0.717, 1.165) is 25.3 Å². The number of carbonyl (C=O) groups is 1. The highest BCUT2D eigenvalue weighted by atomic mass is 16.2. The fraction of sp³-hybridized carbons (Fsp3) is 0.933. The van der Waals surface area contributed by atoms with Crippen LogP contribution in [0.15, 0.2) is 0 Å². The van der Waals surface area contributed by atoms with Crippen molar-refractivity contribution in [1.82, 2.24) is 4.90 Å². The summed E-state index contributed by atoms with van der Waals surface area (Å²) in [5, 5.41) is 0. The lowest BCUT2D eigenvalue weighted by molar-refractivity contribution is -0.142. The van der Waals surface area contributed by atoms with E-state index in [9.17, 15) is 4.79 Å². The van der Waals surface area contributed by atoms with Crippen LogP contribution in [0.4, 0.5) is 0 Å². The van der Waals surface area contributed by atoms with Crippen molar-refractivity contribution in [3.05, 3.63) is 0 Å². The van der Waals surface area contributed by atoms with Gasteiger partial charge >= 0.3 is 0 Å². The summed E-state index contributed by atoms with van der Waals surface area (Å²) in [7, 11) is 1.97. The van der Waals surface area contributed by atoms with Gasteiger partial charge in [-0.15, -0.1) is 0 Å². The summed E-state index contributed by atoms with van der Waals surface area (Å²) < 4.78 is 0. The Morgan fingerprint density at radius 3 is 2.44 bits per heavy atom. The van der Waals surface area contributed by atoms with Crippen molar-refractivity contribution in [2.45, 2.75) is 52.5 Å². The summed E-state index contributed by atoms with van der Waals surface area (Å²) in [6.45, 7) is 7.57. The molecule has 0 radical (unpaired) electrons. The maximum atomic E-state index is 12.6. The molecule has 2 aliphatic carbocycles. The van der Waals surface area contributed by atoms with Crippen LogP contribution >= 0.6 is 0 Å². The molecular formula is C15H28N2O. The van der Waals surface area contributed by atoms with Gasteiger partial charge in [0.05, 0.1) is 0 Å². The van der Waals surface area contributed by atoms with E-state index in [0.29, 0.717) is 11.8 Å². The third-order valence-electron chi connectivity index (χ3n) is 5.41. The zero-order valence-corrected chi connectivity index (χ0v) is 12.3. The van der Waals surface area contributed by atoms with E-state index in [1.807, 2.05) is 11.9 Å². The largest absolute Gasteiger partial charge is 0.345 e. The molecule has 0 saturated heterocycles. The minimum atomic E-state index is 0.0204. The van der Waals surface area contributed by atoms with Crippen LogP contribution in [0.2, 0.25) is 0 Å². The van der Waals surface area contributed by atoms with Crippen LogP contribution < -0.4 is 5.73 Å². The van der Waals surface area contributed by atoms with Gasteiger partial charge in [-0.05, 0) is 42.9 Å². The molecule has 3 heteroatoms. The standard InChI is InChI=1S/C15H28N2O/c1-10-13(16)8-7-12(15(10,2)3)14(18)17(4)9-11-5-6-11/h10-13H,5-9,16H2,1-4H3. The zero-order chi connectivity index (χ0) is 13.5. The van der Waals surface area contributed by atoms with Gasteiger partial charge in [0.2, 0.25) is 5.91 Å². The first-order chi connectivity index (χ1) is 8.34. The van der Waals surface area contributed by atoms with Crippen molar-refractivity contribution in [3.63, 3.8) is 0 Å². The van der Waals surface area contributed by atoms with Crippen molar-refractivity contribution in [1.29, 1.82) is 0 Å². The van der Waals surface area contributed by atoms with Crippen LogP contribution in [0.25, 0.3) is 0 Å². The topological polar surface area (TPSA) is 46.3 Å². The molecule has 0 spiro atoms. The Balaban J connectivity index is 2.04. The van der Waals surface area contributed by atoms with E-state index >= 15 is 0 Å². The Morgan fingerprint density at radius 2 is 1.89 bits per heavy atom. The third-order valence-corrected chi connectivity index (χ3v) is 5.41. The number of hydrogen-bond donors (Lipinski definition) is 1. The SMILES string of the molecule is CC1C(N)CCC(C(=O)N(C)CC2CC2)C1(C)C. The molecule has 0 aliphatic heterocycles. The summed E-state index contributed by atoms with van der Waals surface area (Å²) >= 11 is 0. The monoisotopic (exact) mass is 252 g/mol. The second-order valence-electron chi connectivity index (χ2n) is 7.07. The van der Waals surface area contributed by atoms with Gasteiger partial charge in [-0.2, -0.15) is 0 Å². The van der Waals surface area contributed by atoms with E-state index in [4.69, 9.17) is 5.73 Å². The minimum absolute atomic E-state index is 0.0204. The van der Waals surface area contributed by atoms with Crippen molar-refractivity contribution >= 4 is 5.91 Å². The van der Waals surface area contributed by atoms with E-state index in [-0.39, 0.29) is 17.4 Å². The first kappa shape index (κ1) is 13.9. The molecule has 1 amide bonds. The number of hydrogen-bond acceptors (Lipinski definition) is 2. The number of carbonyl (C=O) groups excluding carboxylic acids is 1. The molecule has 0 bridgehead atoms. The maximum Gasteiger partial charge on any atom is 0.225 e. The van der Waals surface area contributed by atoms with Crippen LogP contribution in [-0.2, 0) is 4.79 Å². The molecule has 2 saturated carbocycles. The number of nitrogens with two attached hydrogens (primary N) is 1. The van der Waals surface area contributed by atoms with Crippen molar-refractivity contribution in [2.75, 3.05) is 13.6 Å². The van der Waals surface area contributed by atoms with Crippen LogP contribution in [-0.4, -0.2) is 30.4 Å². The fourth-order valence-corrected chi connectivity index (χ4v) is 3.34. The molecule has 104 valence electrons. The lowest BCUT2D eigenvalue weighted by Gasteiger charge is -2.47. The normalized spacial score (nSPS) is 35.3. The summed E-state index contributed by atoms with van der Waals surface area (Å²) in [5.41, 5.74) is 6.18. The molecule has 0 aromatic carbocycles. The molecule has 2 N–H and O–H groups in total. The summed E-state index contributed by atoms with van der Waals surface area (Å²) in [4.78, 5) is 14.6. The predicted octanol–water partition coefficient (Wildman–Crippen LogP) is 2.25. The van der Waals surface area contributed by atoms with Crippen molar-refractivity contribution in [3.8, 4) is 0 Å². The van der Waals surface area contributed by atoms with E-state index < -0.39 is 0 Å². The molecule has 0 aromatic heterocycles. The van der Waals surface area contributed by atoms with E-state index in [1.54, 1.807) is 0 Å². The summed E-state index contributed by atoms with van der Waals surface area (Å²) in [5.74, 6) is 1.67. The number of nitrogens with zero attached hydrogens (tertiary/aromatic N) is 1. The quantitative estimate of drug-likeness (QED) is 0.837. The highest BCUT2D eigenvalue weighted by Gasteiger charge is 2.46. The molecular weight excluding hydrogens is 224 g/mol. The van der Waals surface area contributed by atoms with Crippen LogP contribution in [0.5, 0.6) is 0 Å². The van der Waals surface area contributed by atoms with Gasteiger partial charge in [-0.25, -0.2) is 0 Å². The zero-order valence-electron chi connectivity index (χ0n) is 12.3. The van der Waals surface area contributed by atoms with Crippen molar-refractivity contribution < 1.29 is 4.79 Å². The molecule has 2 aliphatic rings. The number of amides is 1.